The Morgan fingerprint density at radius 3 is 2.58 bits per heavy atom. The molecular weight excluding hydrogens is 351 g/mol. The molecule has 0 spiro atoms. The third-order valence-electron chi connectivity index (χ3n) is 3.33. The molecule has 0 atom stereocenters. The number of hydrogen-bond donors (Lipinski definition) is 2. The lowest BCUT2D eigenvalue weighted by atomic mass is 10.1. The number of nitrogens with two attached hydrogens (primary N) is 1. The van der Waals surface area contributed by atoms with Crippen molar-refractivity contribution in [3.63, 3.8) is 0 Å². The van der Waals surface area contributed by atoms with Gasteiger partial charge in [-0.3, -0.25) is 4.79 Å². The number of benzene rings is 1. The number of halogens is 2. The molecule has 0 bridgehead atoms. The number of carbonyl (C=O) groups excluding carboxylic acids is 1. The van der Waals surface area contributed by atoms with Gasteiger partial charge in [0.05, 0.1) is 11.2 Å². The van der Waals surface area contributed by atoms with E-state index < -0.39 is 0 Å². The maximum absolute atomic E-state index is 12.1. The molecule has 7 nitrogen and oxygen atoms in total. The Labute approximate surface area is 147 Å². The average Bonchev–Trinajstić information content (AvgIpc) is 2.95. The summed E-state index contributed by atoms with van der Waals surface area (Å²) in [5.41, 5.74) is 7.66. The fourth-order valence-electron chi connectivity index (χ4n) is 2.16. The Morgan fingerprint density at radius 1 is 1.21 bits per heavy atom. The zero-order valence-electron chi connectivity index (χ0n) is 12.5. The third-order valence-corrected chi connectivity index (χ3v) is 3.88. The fraction of sp³-hybridized carbons (Fsp3) is 0.0667. The maximum Gasteiger partial charge on any atom is 0.276 e. The molecule has 3 N–H and O–H groups in total. The SMILES string of the molecule is Cn1nncc1C(=O)Nc1ccc(-c2ccc(Cl)cc2Cl)c(N)n1. The van der Waals surface area contributed by atoms with E-state index in [1.807, 2.05) is 0 Å². The quantitative estimate of drug-likeness (QED) is 0.745. The first kappa shape index (κ1) is 16.2. The molecule has 0 radical (unpaired) electrons. The number of hydrogen-bond acceptors (Lipinski definition) is 5. The zero-order chi connectivity index (χ0) is 17.3. The van der Waals surface area contributed by atoms with Crippen LogP contribution in [0.4, 0.5) is 11.6 Å². The van der Waals surface area contributed by atoms with Crippen LogP contribution in [0.3, 0.4) is 0 Å². The van der Waals surface area contributed by atoms with E-state index in [2.05, 4.69) is 20.6 Å². The van der Waals surface area contributed by atoms with Crippen LogP contribution in [0.1, 0.15) is 10.5 Å². The molecule has 9 heteroatoms. The lowest BCUT2D eigenvalue weighted by Crippen LogP contribution is -2.17. The monoisotopic (exact) mass is 362 g/mol. The third kappa shape index (κ3) is 3.17. The van der Waals surface area contributed by atoms with Crippen LogP contribution >= 0.6 is 23.2 Å². The first-order valence-electron chi connectivity index (χ1n) is 6.83. The van der Waals surface area contributed by atoms with Crippen LogP contribution in [-0.2, 0) is 7.05 Å². The van der Waals surface area contributed by atoms with Crippen molar-refractivity contribution < 1.29 is 4.79 Å². The largest absolute Gasteiger partial charge is 0.383 e. The number of nitrogens with zero attached hydrogens (tertiary/aromatic N) is 4. The minimum Gasteiger partial charge on any atom is -0.383 e. The van der Waals surface area contributed by atoms with Crippen LogP contribution in [0, 0.1) is 0 Å². The molecule has 0 saturated carbocycles. The minimum absolute atomic E-state index is 0.236. The van der Waals surface area contributed by atoms with Gasteiger partial charge in [-0.05, 0) is 24.3 Å². The highest BCUT2D eigenvalue weighted by Crippen LogP contribution is 2.33. The molecule has 0 fully saturated rings. The topological polar surface area (TPSA) is 98.7 Å². The predicted octanol–water partition coefficient (Wildman–Crippen LogP) is 3.02. The van der Waals surface area contributed by atoms with E-state index in [1.165, 1.54) is 10.9 Å². The minimum atomic E-state index is -0.383. The highest BCUT2D eigenvalue weighted by atomic mass is 35.5. The van der Waals surface area contributed by atoms with Gasteiger partial charge >= 0.3 is 0 Å². The molecular formula is C15H12Cl2N6O. The van der Waals surface area contributed by atoms with Crippen molar-refractivity contribution in [3.05, 3.63) is 52.3 Å². The Bertz CT molecular complexity index is 924. The number of carbonyl (C=O) groups is 1. The van der Waals surface area contributed by atoms with E-state index in [0.717, 1.165) is 0 Å². The molecule has 24 heavy (non-hydrogen) atoms. The number of amides is 1. The van der Waals surface area contributed by atoms with Gasteiger partial charge in [-0.1, -0.05) is 34.5 Å². The van der Waals surface area contributed by atoms with Gasteiger partial charge in [0.25, 0.3) is 5.91 Å². The van der Waals surface area contributed by atoms with Gasteiger partial charge in [-0.25, -0.2) is 9.67 Å². The van der Waals surface area contributed by atoms with Gasteiger partial charge in [-0.15, -0.1) is 5.10 Å². The molecule has 2 heterocycles. The second kappa shape index (κ2) is 6.46. The molecule has 122 valence electrons. The molecule has 1 aromatic carbocycles. The fourth-order valence-corrected chi connectivity index (χ4v) is 2.67. The highest BCUT2D eigenvalue weighted by Gasteiger charge is 2.14. The molecule has 3 rings (SSSR count). The van der Waals surface area contributed by atoms with Crippen molar-refractivity contribution in [1.29, 1.82) is 0 Å². The van der Waals surface area contributed by atoms with Crippen molar-refractivity contribution in [1.82, 2.24) is 20.0 Å². The van der Waals surface area contributed by atoms with Gasteiger partial charge in [0, 0.05) is 23.2 Å². The van der Waals surface area contributed by atoms with Crippen LogP contribution in [0.2, 0.25) is 10.0 Å². The maximum atomic E-state index is 12.1. The smallest absolute Gasteiger partial charge is 0.276 e. The van der Waals surface area contributed by atoms with Crippen LogP contribution in [0.25, 0.3) is 11.1 Å². The molecule has 0 aliphatic carbocycles. The summed E-state index contributed by atoms with van der Waals surface area (Å²) in [7, 11) is 1.62. The first-order chi connectivity index (χ1) is 11.5. The van der Waals surface area contributed by atoms with E-state index in [4.69, 9.17) is 28.9 Å². The summed E-state index contributed by atoms with van der Waals surface area (Å²) in [6.45, 7) is 0. The Balaban J connectivity index is 1.87. The molecule has 0 aliphatic heterocycles. The molecule has 0 aliphatic rings. The number of aromatic nitrogens is 4. The Hall–Kier alpha value is -2.64. The lowest BCUT2D eigenvalue weighted by molar-refractivity contribution is 0.101. The van der Waals surface area contributed by atoms with Crippen LogP contribution in [0.15, 0.2) is 36.5 Å². The normalized spacial score (nSPS) is 10.6. The number of anilines is 2. The van der Waals surface area contributed by atoms with Gasteiger partial charge in [0.1, 0.15) is 17.3 Å². The summed E-state index contributed by atoms with van der Waals surface area (Å²) in [5, 5.41) is 11.0. The standard InChI is InChI=1S/C15H12Cl2N6O/c1-23-12(7-19-22-23)15(24)21-13-5-4-10(14(18)20-13)9-3-2-8(16)6-11(9)17/h2-7H,1H3,(H3,18,20,21,24). The molecule has 3 aromatic rings. The summed E-state index contributed by atoms with van der Waals surface area (Å²) >= 11 is 12.1. The molecule has 0 saturated heterocycles. The van der Waals surface area contributed by atoms with Crippen LogP contribution in [0.5, 0.6) is 0 Å². The first-order valence-corrected chi connectivity index (χ1v) is 7.59. The van der Waals surface area contributed by atoms with Crippen molar-refractivity contribution in [2.75, 3.05) is 11.1 Å². The van der Waals surface area contributed by atoms with Crippen LogP contribution < -0.4 is 11.1 Å². The summed E-state index contributed by atoms with van der Waals surface area (Å²) in [4.78, 5) is 16.3. The second-order valence-electron chi connectivity index (χ2n) is 4.95. The summed E-state index contributed by atoms with van der Waals surface area (Å²) < 4.78 is 1.36. The predicted molar refractivity (Wildman–Crippen MR) is 93.1 cm³/mol. The van der Waals surface area contributed by atoms with Gasteiger partial charge in [-0.2, -0.15) is 0 Å². The van der Waals surface area contributed by atoms with Gasteiger partial charge in [0.2, 0.25) is 0 Å². The van der Waals surface area contributed by atoms with E-state index in [9.17, 15) is 4.79 Å². The van der Waals surface area contributed by atoms with Crippen molar-refractivity contribution in [2.24, 2.45) is 7.05 Å². The summed E-state index contributed by atoms with van der Waals surface area (Å²) in [6, 6.07) is 8.47. The average molecular weight is 363 g/mol. The highest BCUT2D eigenvalue weighted by molar-refractivity contribution is 6.36. The van der Waals surface area contributed by atoms with E-state index >= 15 is 0 Å². The van der Waals surface area contributed by atoms with Crippen molar-refractivity contribution >= 4 is 40.7 Å². The van der Waals surface area contributed by atoms with E-state index in [0.29, 0.717) is 32.7 Å². The van der Waals surface area contributed by atoms with Gasteiger partial charge < -0.3 is 11.1 Å². The van der Waals surface area contributed by atoms with Gasteiger partial charge in [0.15, 0.2) is 0 Å². The molecule has 2 aromatic heterocycles. The molecule has 0 unspecified atom stereocenters. The van der Waals surface area contributed by atoms with Crippen molar-refractivity contribution in [3.8, 4) is 11.1 Å². The van der Waals surface area contributed by atoms with E-state index in [1.54, 1.807) is 37.4 Å². The summed E-state index contributed by atoms with van der Waals surface area (Å²) in [5.74, 6) is 0.166. The number of aryl methyl sites for hydroxylation is 1. The number of nitrogen functional groups attached to an aromatic ring is 1. The lowest BCUT2D eigenvalue weighted by Gasteiger charge is -2.10. The number of rotatable bonds is 3. The van der Waals surface area contributed by atoms with Crippen molar-refractivity contribution in [2.45, 2.75) is 0 Å². The Morgan fingerprint density at radius 2 is 1.96 bits per heavy atom. The van der Waals surface area contributed by atoms with Crippen LogP contribution in [-0.4, -0.2) is 25.9 Å². The Kier molecular flexibility index (Phi) is 4.37. The van der Waals surface area contributed by atoms with E-state index in [-0.39, 0.29) is 11.7 Å². The zero-order valence-corrected chi connectivity index (χ0v) is 14.0. The number of nitrogens with one attached hydrogen (secondary N) is 1. The second-order valence-corrected chi connectivity index (χ2v) is 5.79. The number of pyridine rings is 1. The summed E-state index contributed by atoms with van der Waals surface area (Å²) in [6.07, 6.45) is 1.36. The molecule has 1 amide bonds.